The van der Waals surface area contributed by atoms with Gasteiger partial charge in [-0.05, 0) is 12.1 Å². The van der Waals surface area contributed by atoms with Crippen LogP contribution in [0.2, 0.25) is 0 Å². The van der Waals surface area contributed by atoms with E-state index in [1.54, 1.807) is 24.4 Å². The summed E-state index contributed by atoms with van der Waals surface area (Å²) in [6, 6.07) is 5.24. The fraction of sp³-hybridized carbons (Fsp3) is 0.300. The number of halogens is 3. The third-order valence-electron chi connectivity index (χ3n) is 1.93. The van der Waals surface area contributed by atoms with E-state index < -0.39 is 11.9 Å². The molecule has 19 heavy (non-hydrogen) atoms. The Morgan fingerprint density at radius 1 is 1.26 bits per heavy atom. The normalized spacial score (nSPS) is 8.26. The summed E-state index contributed by atoms with van der Waals surface area (Å²) in [5, 5.41) is 8.65. The van der Waals surface area contributed by atoms with Gasteiger partial charge in [0.2, 0.25) is 5.91 Å². The van der Waals surface area contributed by atoms with E-state index in [0.29, 0.717) is 5.69 Å². The number of aliphatic carboxylic acids is 1. The number of nitrogens with zero attached hydrogens (tertiary/aromatic N) is 2. The fourth-order valence-corrected chi connectivity index (χ4v) is 1.21. The van der Waals surface area contributed by atoms with Crippen LogP contribution in [-0.4, -0.2) is 40.0 Å². The number of pyridine rings is 1. The summed E-state index contributed by atoms with van der Waals surface area (Å²) in [7, 11) is 0. The van der Waals surface area contributed by atoms with Crippen LogP contribution in [0.5, 0.6) is 0 Å². The number of hydrogen-bond acceptors (Lipinski definition) is 4. The van der Waals surface area contributed by atoms with Crippen molar-refractivity contribution in [3.63, 3.8) is 0 Å². The fourth-order valence-electron chi connectivity index (χ4n) is 1.21. The molecule has 0 radical (unpaired) electrons. The third kappa shape index (κ3) is 8.61. The third-order valence-corrected chi connectivity index (χ3v) is 1.93. The molecule has 0 unspecified atom stereocenters. The maximum atomic E-state index is 11.4. The second kappa shape index (κ2) is 12.0. The molecule has 1 aromatic rings. The molecule has 0 fully saturated rings. The zero-order valence-electron chi connectivity index (χ0n) is 9.89. The molecule has 0 saturated heterocycles. The van der Waals surface area contributed by atoms with Gasteiger partial charge in [-0.15, -0.1) is 37.2 Å². The van der Waals surface area contributed by atoms with E-state index in [0.717, 1.165) is 4.90 Å². The molecule has 0 saturated carbocycles. The van der Waals surface area contributed by atoms with Crippen LogP contribution in [0.25, 0.3) is 0 Å². The average Bonchev–Trinajstić information content (AvgIpc) is 2.28. The van der Waals surface area contributed by atoms with Crippen LogP contribution < -0.4 is 5.73 Å². The van der Waals surface area contributed by atoms with Gasteiger partial charge in [0.05, 0.1) is 18.8 Å². The van der Waals surface area contributed by atoms with Gasteiger partial charge >= 0.3 is 5.97 Å². The second-order valence-corrected chi connectivity index (χ2v) is 3.17. The molecule has 0 bridgehead atoms. The van der Waals surface area contributed by atoms with Crippen molar-refractivity contribution < 1.29 is 14.7 Å². The Morgan fingerprint density at radius 3 is 2.32 bits per heavy atom. The van der Waals surface area contributed by atoms with Crippen molar-refractivity contribution in [3.05, 3.63) is 30.1 Å². The van der Waals surface area contributed by atoms with Crippen LogP contribution in [0, 0.1) is 0 Å². The van der Waals surface area contributed by atoms with Crippen LogP contribution in [0.15, 0.2) is 24.4 Å². The first-order valence-electron chi connectivity index (χ1n) is 4.73. The van der Waals surface area contributed by atoms with Gasteiger partial charge in [0.1, 0.15) is 6.54 Å². The number of rotatable bonds is 5. The Hall–Kier alpha value is -1.08. The van der Waals surface area contributed by atoms with Crippen LogP contribution in [-0.2, 0) is 16.1 Å². The minimum Gasteiger partial charge on any atom is -0.480 e. The number of carboxylic acid groups (broad SMARTS) is 1. The Morgan fingerprint density at radius 2 is 1.89 bits per heavy atom. The van der Waals surface area contributed by atoms with Gasteiger partial charge in [0.15, 0.2) is 0 Å². The van der Waals surface area contributed by atoms with Crippen LogP contribution in [0.4, 0.5) is 0 Å². The molecule has 6 nitrogen and oxygen atoms in total. The standard InChI is InChI=1S/C10H13N3O3.3ClH/c11-5-9(14)13(7-10(15)16)6-8-3-1-2-4-12-8;;;/h1-4H,5-7,11H2,(H,15,16);3*1H. The highest BCUT2D eigenvalue weighted by Gasteiger charge is 2.15. The molecule has 110 valence electrons. The summed E-state index contributed by atoms with van der Waals surface area (Å²) in [5.41, 5.74) is 5.83. The van der Waals surface area contributed by atoms with E-state index in [1.165, 1.54) is 0 Å². The van der Waals surface area contributed by atoms with Gasteiger partial charge in [-0.2, -0.15) is 0 Å². The predicted octanol–water partition coefficient (Wildman–Crippen LogP) is 0.719. The Balaban J connectivity index is -0.000000853. The Kier molecular flexibility index (Phi) is 14.5. The number of carbonyl (C=O) groups excluding carboxylic acids is 1. The predicted molar refractivity (Wildman–Crippen MR) is 78.1 cm³/mol. The average molecular weight is 333 g/mol. The van der Waals surface area contributed by atoms with Gasteiger partial charge in [0.25, 0.3) is 0 Å². The lowest BCUT2D eigenvalue weighted by atomic mass is 10.3. The number of hydrogen-bond donors (Lipinski definition) is 2. The minimum atomic E-state index is -1.07. The summed E-state index contributed by atoms with van der Waals surface area (Å²) in [5.74, 6) is -1.48. The topological polar surface area (TPSA) is 96.5 Å². The van der Waals surface area contributed by atoms with E-state index in [9.17, 15) is 9.59 Å². The van der Waals surface area contributed by atoms with E-state index in [2.05, 4.69) is 4.98 Å². The van der Waals surface area contributed by atoms with Crippen molar-refractivity contribution in [2.24, 2.45) is 5.73 Å². The van der Waals surface area contributed by atoms with Crippen LogP contribution in [0.1, 0.15) is 5.69 Å². The molecule has 0 aliphatic heterocycles. The van der Waals surface area contributed by atoms with E-state index >= 15 is 0 Å². The first kappa shape index (κ1) is 23.0. The number of aromatic nitrogens is 1. The van der Waals surface area contributed by atoms with Crippen LogP contribution >= 0.6 is 37.2 Å². The number of amides is 1. The summed E-state index contributed by atoms with van der Waals surface area (Å²) in [4.78, 5) is 27.1. The molecule has 0 aromatic carbocycles. The zero-order valence-corrected chi connectivity index (χ0v) is 12.3. The highest BCUT2D eigenvalue weighted by molar-refractivity contribution is 5.86. The first-order valence-corrected chi connectivity index (χ1v) is 4.73. The molecule has 1 aromatic heterocycles. The quantitative estimate of drug-likeness (QED) is 0.828. The van der Waals surface area contributed by atoms with Gasteiger partial charge in [-0.25, -0.2) is 0 Å². The second-order valence-electron chi connectivity index (χ2n) is 3.17. The van der Waals surface area contributed by atoms with Crippen molar-refractivity contribution in [1.82, 2.24) is 9.88 Å². The number of nitrogens with two attached hydrogens (primary N) is 1. The summed E-state index contributed by atoms with van der Waals surface area (Å²) < 4.78 is 0. The van der Waals surface area contributed by atoms with Gasteiger partial charge in [0, 0.05) is 6.20 Å². The summed E-state index contributed by atoms with van der Waals surface area (Å²) in [6.07, 6.45) is 1.58. The number of carboxylic acids is 1. The maximum Gasteiger partial charge on any atom is 0.323 e. The lowest BCUT2D eigenvalue weighted by molar-refractivity contribution is -0.144. The van der Waals surface area contributed by atoms with Gasteiger partial charge in [-0.1, -0.05) is 6.07 Å². The molecular formula is C10H16Cl3N3O3. The molecule has 1 rings (SSSR count). The number of carbonyl (C=O) groups is 2. The van der Waals surface area contributed by atoms with Crippen molar-refractivity contribution in [3.8, 4) is 0 Å². The molecule has 0 atom stereocenters. The van der Waals surface area contributed by atoms with Crippen LogP contribution in [0.3, 0.4) is 0 Å². The molecule has 3 N–H and O–H groups in total. The van der Waals surface area contributed by atoms with Gasteiger partial charge < -0.3 is 15.7 Å². The highest BCUT2D eigenvalue weighted by atomic mass is 35.5. The van der Waals surface area contributed by atoms with E-state index in [4.69, 9.17) is 10.8 Å². The zero-order chi connectivity index (χ0) is 12.0. The summed E-state index contributed by atoms with van der Waals surface area (Å²) >= 11 is 0. The van der Waals surface area contributed by atoms with Gasteiger partial charge in [-0.3, -0.25) is 14.6 Å². The smallest absolute Gasteiger partial charge is 0.323 e. The van der Waals surface area contributed by atoms with Crippen molar-refractivity contribution in [2.75, 3.05) is 13.1 Å². The van der Waals surface area contributed by atoms with E-state index in [-0.39, 0.29) is 56.9 Å². The SMILES string of the molecule is Cl.Cl.Cl.NCC(=O)N(CC(=O)O)Cc1ccccn1. The lowest BCUT2D eigenvalue weighted by Crippen LogP contribution is -2.39. The first-order chi connectivity index (χ1) is 7.63. The van der Waals surface area contributed by atoms with E-state index in [1.807, 2.05) is 0 Å². The monoisotopic (exact) mass is 331 g/mol. The molecule has 0 spiro atoms. The Bertz CT molecular complexity index is 379. The largest absolute Gasteiger partial charge is 0.480 e. The molecular weight excluding hydrogens is 316 g/mol. The molecule has 0 aliphatic carbocycles. The highest BCUT2D eigenvalue weighted by Crippen LogP contribution is 2.01. The molecule has 9 heteroatoms. The summed E-state index contributed by atoms with van der Waals surface area (Å²) in [6.45, 7) is -0.421. The molecule has 1 heterocycles. The lowest BCUT2D eigenvalue weighted by Gasteiger charge is -2.19. The van der Waals surface area contributed by atoms with Crippen molar-refractivity contribution >= 4 is 49.1 Å². The Labute approximate surface area is 129 Å². The van der Waals surface area contributed by atoms with Crippen molar-refractivity contribution in [1.29, 1.82) is 0 Å². The molecule has 0 aliphatic rings. The maximum absolute atomic E-state index is 11.4. The minimum absolute atomic E-state index is 0. The molecule has 1 amide bonds. The van der Waals surface area contributed by atoms with Crippen molar-refractivity contribution in [2.45, 2.75) is 6.54 Å².